The molecule has 0 amide bonds. The van der Waals surface area contributed by atoms with E-state index in [0.717, 1.165) is 17.1 Å². The molecule has 1 aromatic rings. The van der Waals surface area contributed by atoms with Gasteiger partial charge in [0.1, 0.15) is 0 Å². The van der Waals surface area contributed by atoms with Gasteiger partial charge in [-0.15, -0.1) is 0 Å². The zero-order valence-corrected chi connectivity index (χ0v) is 15.2. The van der Waals surface area contributed by atoms with Crippen molar-refractivity contribution in [2.24, 2.45) is 5.41 Å². The zero-order chi connectivity index (χ0) is 14.0. The van der Waals surface area contributed by atoms with E-state index in [9.17, 15) is 0 Å². The van der Waals surface area contributed by atoms with E-state index in [1.54, 1.807) is 0 Å². The first-order chi connectivity index (χ1) is 9.26. The predicted molar refractivity (Wildman–Crippen MR) is 93.5 cm³/mol. The summed E-state index contributed by atoms with van der Waals surface area (Å²) < 4.78 is 0. The van der Waals surface area contributed by atoms with Gasteiger partial charge in [-0.05, 0) is 23.8 Å². The number of halogens is 2. The second-order valence-corrected chi connectivity index (χ2v) is 6.72. The number of rotatable bonds is 10. The fourth-order valence-electron chi connectivity index (χ4n) is 2.48. The number of hydrogen-bond acceptors (Lipinski definition) is 0. The number of benzene rings is 1. The third kappa shape index (κ3) is 6.44. The molecule has 0 aliphatic rings. The highest BCUT2D eigenvalue weighted by Crippen LogP contribution is 2.34. The lowest BCUT2D eigenvalue weighted by molar-refractivity contribution is 0.338. The molecule has 0 aromatic heterocycles. The monoisotopic (exact) mass is 388 g/mol. The molecule has 0 heterocycles. The molecule has 0 radical (unpaired) electrons. The molecule has 1 aromatic carbocycles. The van der Waals surface area contributed by atoms with E-state index in [4.69, 9.17) is 0 Å². The van der Waals surface area contributed by atoms with Crippen molar-refractivity contribution < 1.29 is 0 Å². The normalized spacial score (nSPS) is 11.7. The van der Waals surface area contributed by atoms with Crippen LogP contribution in [0, 0.1) is 5.41 Å². The summed E-state index contributed by atoms with van der Waals surface area (Å²) in [5, 5.41) is 2.15. The lowest BCUT2D eigenvalue weighted by Gasteiger charge is -2.30. The van der Waals surface area contributed by atoms with Crippen LogP contribution < -0.4 is 0 Å². The summed E-state index contributed by atoms with van der Waals surface area (Å²) in [5.41, 5.74) is 1.82. The summed E-state index contributed by atoms with van der Waals surface area (Å²) in [6.45, 7) is 2.27. The molecule has 0 aliphatic heterocycles. The van der Waals surface area contributed by atoms with Crippen LogP contribution >= 0.6 is 31.9 Å². The molecule has 0 nitrogen and oxygen atoms in total. The minimum atomic E-state index is 0.369. The largest absolute Gasteiger partial charge is 0.0922 e. The first-order valence-electron chi connectivity index (χ1n) is 7.42. The van der Waals surface area contributed by atoms with Crippen molar-refractivity contribution in [1.82, 2.24) is 0 Å². The van der Waals surface area contributed by atoms with Crippen LogP contribution in [-0.4, -0.2) is 10.7 Å². The van der Waals surface area contributed by atoms with Crippen LogP contribution in [0.4, 0.5) is 0 Å². The molecular weight excluding hydrogens is 364 g/mol. The third-order valence-corrected chi connectivity index (χ3v) is 6.18. The van der Waals surface area contributed by atoms with E-state index in [1.165, 1.54) is 44.1 Å². The Bertz CT molecular complexity index is 317. The van der Waals surface area contributed by atoms with Crippen LogP contribution in [0.2, 0.25) is 0 Å². The van der Waals surface area contributed by atoms with Gasteiger partial charge in [0.15, 0.2) is 0 Å². The lowest BCUT2D eigenvalue weighted by Crippen LogP contribution is -2.27. The van der Waals surface area contributed by atoms with Crippen molar-refractivity contribution in [2.45, 2.75) is 51.9 Å². The van der Waals surface area contributed by atoms with Crippen LogP contribution in [0.1, 0.15) is 51.0 Å². The fourth-order valence-corrected chi connectivity index (χ4v) is 4.37. The minimum Gasteiger partial charge on any atom is -0.0922 e. The Hall–Kier alpha value is 0.180. The number of unbranched alkanes of at least 4 members (excludes halogenated alkanes) is 4. The van der Waals surface area contributed by atoms with E-state index in [2.05, 4.69) is 69.1 Å². The maximum Gasteiger partial charge on any atom is 0.00991 e. The Kier molecular flexibility index (Phi) is 9.06. The summed E-state index contributed by atoms with van der Waals surface area (Å²) in [4.78, 5) is 0. The highest BCUT2D eigenvalue weighted by molar-refractivity contribution is 9.09. The molecule has 0 atom stereocenters. The quantitative estimate of drug-likeness (QED) is 0.322. The Balaban J connectivity index is 2.49. The Morgan fingerprint density at radius 1 is 0.895 bits per heavy atom. The van der Waals surface area contributed by atoms with Gasteiger partial charge in [0.05, 0.1) is 0 Å². The van der Waals surface area contributed by atoms with E-state index < -0.39 is 0 Å². The molecule has 19 heavy (non-hydrogen) atoms. The van der Waals surface area contributed by atoms with Crippen molar-refractivity contribution in [3.05, 3.63) is 35.9 Å². The number of hydrogen-bond donors (Lipinski definition) is 0. The van der Waals surface area contributed by atoms with Gasteiger partial charge < -0.3 is 0 Å². The molecule has 0 saturated carbocycles. The first-order valence-corrected chi connectivity index (χ1v) is 9.66. The maximum absolute atomic E-state index is 3.74. The van der Waals surface area contributed by atoms with Crippen LogP contribution in [0.3, 0.4) is 0 Å². The van der Waals surface area contributed by atoms with Gasteiger partial charge in [-0.3, -0.25) is 0 Å². The lowest BCUT2D eigenvalue weighted by atomic mass is 9.81. The van der Waals surface area contributed by atoms with Crippen LogP contribution in [0.25, 0.3) is 0 Å². The molecule has 0 bridgehead atoms. The van der Waals surface area contributed by atoms with Crippen LogP contribution in [-0.2, 0) is 6.42 Å². The summed E-state index contributed by atoms with van der Waals surface area (Å²) in [5.74, 6) is 0. The van der Waals surface area contributed by atoms with Gasteiger partial charge >= 0.3 is 0 Å². The second-order valence-electron chi connectivity index (χ2n) is 5.59. The van der Waals surface area contributed by atoms with Gasteiger partial charge in [-0.1, -0.05) is 101 Å². The Labute approximate surface area is 135 Å². The van der Waals surface area contributed by atoms with E-state index in [0.29, 0.717) is 5.41 Å². The molecule has 1 rings (SSSR count). The van der Waals surface area contributed by atoms with Crippen molar-refractivity contribution in [3.63, 3.8) is 0 Å². The summed E-state index contributed by atoms with van der Waals surface area (Å²) in [6.07, 6.45) is 9.30. The third-order valence-electron chi connectivity index (χ3n) is 3.80. The molecule has 0 unspecified atom stereocenters. The molecule has 0 N–H and O–H groups in total. The van der Waals surface area contributed by atoms with Crippen molar-refractivity contribution in [1.29, 1.82) is 0 Å². The SMILES string of the molecule is CCCCCCCC(CBr)(CBr)Cc1ccccc1. The van der Waals surface area contributed by atoms with Crippen molar-refractivity contribution >= 4 is 31.9 Å². The van der Waals surface area contributed by atoms with Gasteiger partial charge in [0.2, 0.25) is 0 Å². The average molecular weight is 390 g/mol. The maximum atomic E-state index is 3.74. The summed E-state index contributed by atoms with van der Waals surface area (Å²) in [6, 6.07) is 10.9. The predicted octanol–water partition coefficient (Wildman–Crippen LogP) is 6.37. The van der Waals surface area contributed by atoms with Crippen LogP contribution in [0.15, 0.2) is 30.3 Å². The highest BCUT2D eigenvalue weighted by atomic mass is 79.9. The smallest absolute Gasteiger partial charge is 0.00991 e. The molecule has 0 aliphatic carbocycles. The van der Waals surface area contributed by atoms with E-state index in [-0.39, 0.29) is 0 Å². The molecular formula is C17H26Br2. The van der Waals surface area contributed by atoms with Gasteiger partial charge in [-0.2, -0.15) is 0 Å². The number of alkyl halides is 2. The zero-order valence-electron chi connectivity index (χ0n) is 12.0. The molecule has 108 valence electrons. The topological polar surface area (TPSA) is 0 Å². The first kappa shape index (κ1) is 17.2. The molecule has 0 spiro atoms. The Morgan fingerprint density at radius 2 is 1.53 bits per heavy atom. The standard InChI is InChI=1S/C17H26Br2/c1-2-3-4-5-9-12-17(14-18,15-19)13-16-10-7-6-8-11-16/h6-8,10-11H,2-5,9,12-15H2,1H3. The second kappa shape index (κ2) is 9.99. The van der Waals surface area contributed by atoms with Crippen LogP contribution in [0.5, 0.6) is 0 Å². The molecule has 0 fully saturated rings. The fraction of sp³-hybridized carbons (Fsp3) is 0.647. The van der Waals surface area contributed by atoms with Gasteiger partial charge in [0.25, 0.3) is 0 Å². The minimum absolute atomic E-state index is 0.369. The highest BCUT2D eigenvalue weighted by Gasteiger charge is 2.27. The van der Waals surface area contributed by atoms with Gasteiger partial charge in [0, 0.05) is 10.7 Å². The Morgan fingerprint density at radius 3 is 2.11 bits per heavy atom. The molecule has 0 saturated heterocycles. The van der Waals surface area contributed by atoms with Crippen molar-refractivity contribution in [2.75, 3.05) is 10.7 Å². The van der Waals surface area contributed by atoms with Crippen molar-refractivity contribution in [3.8, 4) is 0 Å². The van der Waals surface area contributed by atoms with E-state index in [1.807, 2.05) is 0 Å². The van der Waals surface area contributed by atoms with E-state index >= 15 is 0 Å². The average Bonchev–Trinajstić information content (AvgIpc) is 2.47. The molecule has 2 heteroatoms. The summed E-state index contributed by atoms with van der Waals surface area (Å²) >= 11 is 7.49. The summed E-state index contributed by atoms with van der Waals surface area (Å²) in [7, 11) is 0. The van der Waals surface area contributed by atoms with Gasteiger partial charge in [-0.25, -0.2) is 0 Å².